The average Bonchev–Trinajstić information content (AvgIpc) is 2.77. The summed E-state index contributed by atoms with van der Waals surface area (Å²) in [6.45, 7) is 2.19. The molecule has 6 nitrogen and oxygen atoms in total. The van der Waals surface area contributed by atoms with Gasteiger partial charge in [0.2, 0.25) is 0 Å². The van der Waals surface area contributed by atoms with E-state index in [9.17, 15) is 15.4 Å². The molecule has 0 aliphatic carbocycles. The second-order valence-corrected chi connectivity index (χ2v) is 6.63. The minimum absolute atomic E-state index is 0.168. The van der Waals surface area contributed by atoms with Crippen molar-refractivity contribution in [3.8, 4) is 17.6 Å². The van der Waals surface area contributed by atoms with Gasteiger partial charge >= 0.3 is 0 Å². The summed E-state index contributed by atoms with van der Waals surface area (Å²) in [7, 11) is 1.47. The van der Waals surface area contributed by atoms with Crippen molar-refractivity contribution in [3.05, 3.63) is 99.1 Å². The van der Waals surface area contributed by atoms with E-state index in [0.717, 1.165) is 11.1 Å². The largest absolute Gasteiger partial charge is 0.493 e. The number of hydrogen-bond donors (Lipinski definition) is 0. The van der Waals surface area contributed by atoms with E-state index in [1.807, 2.05) is 61.5 Å². The highest BCUT2D eigenvalue weighted by atomic mass is 16.6. The number of benzene rings is 3. The molecule has 0 heterocycles. The second kappa shape index (κ2) is 9.39. The Morgan fingerprint density at radius 2 is 1.80 bits per heavy atom. The molecule has 0 bridgehead atoms. The third-order valence-electron chi connectivity index (χ3n) is 4.53. The fourth-order valence-electron chi connectivity index (χ4n) is 2.92. The van der Waals surface area contributed by atoms with Crippen LogP contribution >= 0.6 is 0 Å². The van der Waals surface area contributed by atoms with Crippen LogP contribution in [0, 0.1) is 28.4 Å². The number of rotatable bonds is 7. The Morgan fingerprint density at radius 3 is 2.40 bits per heavy atom. The lowest BCUT2D eigenvalue weighted by Crippen LogP contribution is -2.00. The first-order chi connectivity index (χ1) is 14.5. The molecule has 0 N–H and O–H groups in total. The van der Waals surface area contributed by atoms with Crippen molar-refractivity contribution in [2.45, 2.75) is 13.5 Å². The van der Waals surface area contributed by atoms with E-state index in [2.05, 4.69) is 6.07 Å². The average molecular weight is 400 g/mol. The molecule has 0 aliphatic rings. The zero-order valence-corrected chi connectivity index (χ0v) is 16.7. The number of allylic oxidation sites excluding steroid dienone is 1. The minimum Gasteiger partial charge on any atom is -0.493 e. The zero-order chi connectivity index (χ0) is 21.5. The molecule has 150 valence electrons. The summed E-state index contributed by atoms with van der Waals surface area (Å²) in [6, 6.07) is 21.8. The van der Waals surface area contributed by atoms with Gasteiger partial charge in [-0.05, 0) is 30.2 Å². The summed E-state index contributed by atoms with van der Waals surface area (Å²) < 4.78 is 11.2. The summed E-state index contributed by atoms with van der Waals surface area (Å²) in [5.74, 6) is 0.614. The Morgan fingerprint density at radius 1 is 1.10 bits per heavy atom. The van der Waals surface area contributed by atoms with E-state index in [0.29, 0.717) is 16.9 Å². The molecule has 0 aliphatic heterocycles. The maximum atomic E-state index is 11.7. The lowest BCUT2D eigenvalue weighted by atomic mass is 10.0. The molecule has 0 atom stereocenters. The standard InChI is InChI=1S/C24H20N2O4/c1-17-8-10-19(11-9-17)21(15-25)12-20-13-23(29-2)24(14-22(20)26(27)28)30-16-18-6-4-3-5-7-18/h3-14H,16H2,1-2H3/b21-12-. The van der Waals surface area contributed by atoms with Crippen molar-refractivity contribution in [1.29, 1.82) is 5.26 Å². The Bertz CT molecular complexity index is 1110. The second-order valence-electron chi connectivity index (χ2n) is 6.63. The molecule has 0 saturated heterocycles. The molecule has 3 aromatic rings. The third-order valence-corrected chi connectivity index (χ3v) is 4.53. The van der Waals surface area contributed by atoms with Crippen LogP contribution in [0.2, 0.25) is 0 Å². The molecule has 6 heteroatoms. The molecule has 0 radical (unpaired) electrons. The number of nitro groups is 1. The molecule has 0 aromatic heterocycles. The number of aryl methyl sites for hydroxylation is 1. The monoisotopic (exact) mass is 400 g/mol. The molecular weight excluding hydrogens is 380 g/mol. The van der Waals surface area contributed by atoms with Gasteiger partial charge in [-0.2, -0.15) is 5.26 Å². The Balaban J connectivity index is 2.01. The van der Waals surface area contributed by atoms with Gasteiger partial charge in [0.15, 0.2) is 11.5 Å². The topological polar surface area (TPSA) is 85.4 Å². The summed E-state index contributed by atoms with van der Waals surface area (Å²) >= 11 is 0. The Labute approximate surface area is 174 Å². The van der Waals surface area contributed by atoms with Crippen LogP contribution in [0.25, 0.3) is 11.6 Å². The normalized spacial score (nSPS) is 10.9. The van der Waals surface area contributed by atoms with Crippen LogP contribution in [-0.4, -0.2) is 12.0 Å². The van der Waals surface area contributed by atoms with Crippen LogP contribution in [0.5, 0.6) is 11.5 Å². The molecule has 0 amide bonds. The van der Waals surface area contributed by atoms with Crippen molar-refractivity contribution in [2.75, 3.05) is 7.11 Å². The summed E-state index contributed by atoms with van der Waals surface area (Å²) in [6.07, 6.45) is 1.49. The van der Waals surface area contributed by atoms with Gasteiger partial charge in [0, 0.05) is 0 Å². The van der Waals surface area contributed by atoms with Crippen molar-refractivity contribution >= 4 is 17.3 Å². The molecule has 0 unspecified atom stereocenters. The SMILES string of the molecule is COc1cc(/C=C(/C#N)c2ccc(C)cc2)c([N+](=O)[O-])cc1OCc1ccccc1. The van der Waals surface area contributed by atoms with E-state index in [1.165, 1.54) is 25.3 Å². The number of nitriles is 1. The quantitative estimate of drug-likeness (QED) is 0.224. The molecular formula is C24H20N2O4. The molecule has 0 saturated carbocycles. The fourth-order valence-corrected chi connectivity index (χ4v) is 2.92. The van der Waals surface area contributed by atoms with Gasteiger partial charge in [0.05, 0.1) is 35.3 Å². The lowest BCUT2D eigenvalue weighted by Gasteiger charge is -2.12. The minimum atomic E-state index is -0.495. The first-order valence-electron chi connectivity index (χ1n) is 9.24. The zero-order valence-electron chi connectivity index (χ0n) is 16.7. The molecule has 0 fully saturated rings. The van der Waals surface area contributed by atoms with E-state index in [1.54, 1.807) is 0 Å². The van der Waals surface area contributed by atoms with Crippen LogP contribution in [0.4, 0.5) is 5.69 Å². The maximum Gasteiger partial charge on any atom is 0.280 e. The van der Waals surface area contributed by atoms with Gasteiger partial charge in [-0.1, -0.05) is 60.2 Å². The molecule has 3 rings (SSSR count). The molecule has 0 spiro atoms. The van der Waals surface area contributed by atoms with E-state index in [4.69, 9.17) is 9.47 Å². The summed E-state index contributed by atoms with van der Waals surface area (Å²) in [4.78, 5) is 11.2. The van der Waals surface area contributed by atoms with Gasteiger partial charge in [-0.15, -0.1) is 0 Å². The Kier molecular flexibility index (Phi) is 6.46. The van der Waals surface area contributed by atoms with Crippen molar-refractivity contribution in [3.63, 3.8) is 0 Å². The number of hydrogen-bond acceptors (Lipinski definition) is 5. The lowest BCUT2D eigenvalue weighted by molar-refractivity contribution is -0.385. The Hall–Kier alpha value is -4.11. The van der Waals surface area contributed by atoms with Gasteiger partial charge in [0.1, 0.15) is 6.61 Å². The smallest absolute Gasteiger partial charge is 0.280 e. The summed E-state index contributed by atoms with van der Waals surface area (Å²) in [5.41, 5.74) is 3.08. The highest BCUT2D eigenvalue weighted by Gasteiger charge is 2.19. The van der Waals surface area contributed by atoms with E-state index < -0.39 is 4.92 Å². The van der Waals surface area contributed by atoms with Gasteiger partial charge in [-0.3, -0.25) is 10.1 Å². The van der Waals surface area contributed by atoms with Crippen molar-refractivity contribution < 1.29 is 14.4 Å². The predicted molar refractivity (Wildman–Crippen MR) is 115 cm³/mol. The molecule has 3 aromatic carbocycles. The van der Waals surface area contributed by atoms with Crippen molar-refractivity contribution in [1.82, 2.24) is 0 Å². The molecule has 30 heavy (non-hydrogen) atoms. The van der Waals surface area contributed by atoms with Crippen LogP contribution < -0.4 is 9.47 Å². The first kappa shape index (κ1) is 20.6. The summed E-state index contributed by atoms with van der Waals surface area (Å²) in [5, 5.41) is 21.3. The first-order valence-corrected chi connectivity index (χ1v) is 9.24. The van der Waals surface area contributed by atoms with Crippen LogP contribution in [0.15, 0.2) is 66.7 Å². The van der Waals surface area contributed by atoms with Gasteiger partial charge < -0.3 is 9.47 Å². The van der Waals surface area contributed by atoms with Gasteiger partial charge in [0.25, 0.3) is 5.69 Å². The highest BCUT2D eigenvalue weighted by Crippen LogP contribution is 2.37. The van der Waals surface area contributed by atoms with Crippen LogP contribution in [-0.2, 0) is 6.61 Å². The van der Waals surface area contributed by atoms with Crippen LogP contribution in [0.3, 0.4) is 0 Å². The number of methoxy groups -OCH3 is 1. The third kappa shape index (κ3) is 4.83. The van der Waals surface area contributed by atoms with Gasteiger partial charge in [-0.25, -0.2) is 0 Å². The van der Waals surface area contributed by atoms with E-state index in [-0.39, 0.29) is 23.6 Å². The predicted octanol–water partition coefficient (Wildman–Crippen LogP) is 5.56. The van der Waals surface area contributed by atoms with Crippen molar-refractivity contribution in [2.24, 2.45) is 0 Å². The fraction of sp³-hybridized carbons (Fsp3) is 0.125. The number of nitrogens with zero attached hydrogens (tertiary/aromatic N) is 2. The number of nitro benzene ring substituents is 1. The maximum absolute atomic E-state index is 11.7. The van der Waals surface area contributed by atoms with E-state index >= 15 is 0 Å². The highest BCUT2D eigenvalue weighted by molar-refractivity contribution is 5.91. The number of ether oxygens (including phenoxy) is 2. The van der Waals surface area contributed by atoms with Crippen LogP contribution in [0.1, 0.15) is 22.3 Å².